The van der Waals surface area contributed by atoms with Gasteiger partial charge in [0.2, 0.25) is 0 Å². The summed E-state index contributed by atoms with van der Waals surface area (Å²) in [5, 5.41) is 4.44. The zero-order chi connectivity index (χ0) is 13.3. The number of nitrogens with one attached hydrogen (secondary N) is 1. The Balaban J connectivity index is 1.98. The third-order valence-electron chi connectivity index (χ3n) is 3.90. The first-order valence-corrected chi connectivity index (χ1v) is 7.77. The van der Waals surface area contributed by atoms with Crippen molar-refractivity contribution < 1.29 is 0 Å². The third kappa shape index (κ3) is 3.09. The van der Waals surface area contributed by atoms with Crippen molar-refractivity contribution in [1.29, 1.82) is 0 Å². The lowest BCUT2D eigenvalue weighted by Gasteiger charge is -2.15. The highest BCUT2D eigenvalue weighted by Gasteiger charge is 2.51. The first-order chi connectivity index (χ1) is 8.43. The van der Waals surface area contributed by atoms with Crippen LogP contribution >= 0.6 is 27.5 Å². The Morgan fingerprint density at radius 2 is 2.22 bits per heavy atom. The summed E-state index contributed by atoms with van der Waals surface area (Å²) in [4.78, 5) is 0. The minimum absolute atomic E-state index is 0.266. The van der Waals surface area contributed by atoms with Gasteiger partial charge in [-0.1, -0.05) is 54.4 Å². The molecule has 0 bridgehead atoms. The van der Waals surface area contributed by atoms with Gasteiger partial charge in [-0.25, -0.2) is 0 Å². The minimum atomic E-state index is 0.266. The summed E-state index contributed by atoms with van der Waals surface area (Å²) in [5.74, 6) is 1.43. The van der Waals surface area contributed by atoms with Crippen molar-refractivity contribution in [3.05, 3.63) is 33.3 Å². The molecule has 18 heavy (non-hydrogen) atoms. The fourth-order valence-electron chi connectivity index (χ4n) is 2.58. The van der Waals surface area contributed by atoms with E-state index in [1.54, 1.807) is 0 Å². The van der Waals surface area contributed by atoms with Crippen LogP contribution in [0.5, 0.6) is 0 Å². The maximum absolute atomic E-state index is 6.35. The highest BCUT2D eigenvalue weighted by atomic mass is 79.9. The van der Waals surface area contributed by atoms with Gasteiger partial charge in [0.1, 0.15) is 0 Å². The fraction of sp³-hybridized carbons (Fsp3) is 0.600. The molecular weight excluding hydrogens is 310 g/mol. The van der Waals surface area contributed by atoms with Crippen LogP contribution in [0.25, 0.3) is 0 Å². The molecular formula is C15H21BrClN. The Hall–Kier alpha value is -0.0500. The summed E-state index contributed by atoms with van der Waals surface area (Å²) in [6, 6.07) is 6.25. The monoisotopic (exact) mass is 329 g/mol. The molecule has 0 amide bonds. The van der Waals surface area contributed by atoms with Crippen molar-refractivity contribution >= 4 is 27.5 Å². The molecule has 2 atom stereocenters. The van der Waals surface area contributed by atoms with E-state index in [2.05, 4.69) is 54.2 Å². The largest absolute Gasteiger partial charge is 0.316 e. The predicted octanol–water partition coefficient (Wildman–Crippen LogP) is 4.63. The summed E-state index contributed by atoms with van der Waals surface area (Å²) < 4.78 is 1.05. The van der Waals surface area contributed by atoms with Gasteiger partial charge in [-0.2, -0.15) is 0 Å². The highest BCUT2D eigenvalue weighted by Crippen LogP contribution is 2.55. The topological polar surface area (TPSA) is 12.0 Å². The van der Waals surface area contributed by atoms with E-state index in [9.17, 15) is 0 Å². The Morgan fingerprint density at radius 3 is 2.83 bits per heavy atom. The molecule has 3 heteroatoms. The van der Waals surface area contributed by atoms with Gasteiger partial charge in [0.05, 0.1) is 0 Å². The van der Waals surface area contributed by atoms with Crippen LogP contribution < -0.4 is 5.32 Å². The van der Waals surface area contributed by atoms with Crippen LogP contribution in [0.3, 0.4) is 0 Å². The van der Waals surface area contributed by atoms with Crippen LogP contribution in [0.1, 0.15) is 32.8 Å². The van der Waals surface area contributed by atoms with E-state index in [1.807, 2.05) is 6.07 Å². The van der Waals surface area contributed by atoms with E-state index in [4.69, 9.17) is 11.6 Å². The van der Waals surface area contributed by atoms with E-state index in [0.717, 1.165) is 28.5 Å². The van der Waals surface area contributed by atoms with Gasteiger partial charge in [0, 0.05) is 9.50 Å². The maximum Gasteiger partial charge on any atom is 0.0454 e. The molecule has 1 aliphatic carbocycles. The lowest BCUT2D eigenvalue weighted by Crippen LogP contribution is -2.24. The number of hydrogen-bond acceptors (Lipinski definition) is 1. The molecule has 1 aromatic rings. The van der Waals surface area contributed by atoms with E-state index < -0.39 is 0 Å². The lowest BCUT2D eigenvalue weighted by molar-refractivity contribution is 0.515. The van der Waals surface area contributed by atoms with E-state index in [-0.39, 0.29) is 5.41 Å². The molecule has 1 aliphatic rings. The van der Waals surface area contributed by atoms with Crippen LogP contribution in [0.2, 0.25) is 5.02 Å². The number of benzene rings is 1. The number of hydrogen-bond donors (Lipinski definition) is 1. The van der Waals surface area contributed by atoms with Crippen molar-refractivity contribution in [3.8, 4) is 0 Å². The average molecular weight is 331 g/mol. The molecule has 0 aliphatic heterocycles. The number of halogens is 2. The molecule has 0 saturated heterocycles. The molecule has 1 fully saturated rings. The predicted molar refractivity (Wildman–Crippen MR) is 82.3 cm³/mol. The second kappa shape index (κ2) is 5.52. The van der Waals surface area contributed by atoms with Gasteiger partial charge in [-0.05, 0) is 54.5 Å². The van der Waals surface area contributed by atoms with Crippen LogP contribution in [0.15, 0.2) is 22.7 Å². The van der Waals surface area contributed by atoms with Gasteiger partial charge in [-0.3, -0.25) is 0 Å². The van der Waals surface area contributed by atoms with Gasteiger partial charge in [0.15, 0.2) is 0 Å². The molecule has 0 aromatic heterocycles. The van der Waals surface area contributed by atoms with Gasteiger partial charge < -0.3 is 5.32 Å². The molecule has 1 saturated carbocycles. The van der Waals surface area contributed by atoms with Crippen LogP contribution in [0, 0.1) is 11.8 Å². The van der Waals surface area contributed by atoms with E-state index in [1.165, 1.54) is 12.0 Å². The minimum Gasteiger partial charge on any atom is -0.316 e. The standard InChI is InChI=1S/C15H21BrClN/c1-10(2)8-18-9-11-7-15(11,3)13-5-4-12(16)6-14(13)17/h4-6,10-11,18H,7-9H2,1-3H3. The second-order valence-electron chi connectivity index (χ2n) is 5.99. The molecule has 1 N–H and O–H groups in total. The molecule has 0 spiro atoms. The fourth-order valence-corrected chi connectivity index (χ4v) is 3.47. The quantitative estimate of drug-likeness (QED) is 0.830. The highest BCUT2D eigenvalue weighted by molar-refractivity contribution is 9.10. The summed E-state index contributed by atoms with van der Waals surface area (Å²) in [6.07, 6.45) is 1.24. The summed E-state index contributed by atoms with van der Waals surface area (Å²) in [5.41, 5.74) is 1.56. The van der Waals surface area contributed by atoms with E-state index in [0.29, 0.717) is 5.92 Å². The van der Waals surface area contributed by atoms with Gasteiger partial charge in [-0.15, -0.1) is 0 Å². The first kappa shape index (κ1) is 14.4. The van der Waals surface area contributed by atoms with Crippen LogP contribution in [-0.2, 0) is 5.41 Å². The Bertz CT molecular complexity index is 433. The summed E-state index contributed by atoms with van der Waals surface area (Å²) >= 11 is 9.81. The average Bonchev–Trinajstić information content (AvgIpc) is 2.89. The molecule has 2 unspecified atom stereocenters. The van der Waals surface area contributed by atoms with Crippen molar-refractivity contribution in [3.63, 3.8) is 0 Å². The normalized spacial score (nSPS) is 26.7. The second-order valence-corrected chi connectivity index (χ2v) is 7.32. The van der Waals surface area contributed by atoms with Crippen molar-refractivity contribution in [2.45, 2.75) is 32.6 Å². The van der Waals surface area contributed by atoms with E-state index >= 15 is 0 Å². The molecule has 2 rings (SSSR count). The van der Waals surface area contributed by atoms with Crippen molar-refractivity contribution in [2.75, 3.05) is 13.1 Å². The summed E-state index contributed by atoms with van der Waals surface area (Å²) in [6.45, 7) is 9.00. The molecule has 100 valence electrons. The van der Waals surface area contributed by atoms with Crippen molar-refractivity contribution in [1.82, 2.24) is 5.32 Å². The van der Waals surface area contributed by atoms with Gasteiger partial charge in [0.25, 0.3) is 0 Å². The van der Waals surface area contributed by atoms with Crippen LogP contribution in [0.4, 0.5) is 0 Å². The van der Waals surface area contributed by atoms with Gasteiger partial charge >= 0.3 is 0 Å². The van der Waals surface area contributed by atoms with Crippen molar-refractivity contribution in [2.24, 2.45) is 11.8 Å². The smallest absolute Gasteiger partial charge is 0.0454 e. The van der Waals surface area contributed by atoms with Crippen LogP contribution in [-0.4, -0.2) is 13.1 Å². The Labute approximate surface area is 123 Å². The number of rotatable bonds is 5. The first-order valence-electron chi connectivity index (χ1n) is 6.59. The molecule has 0 radical (unpaired) electrons. The Morgan fingerprint density at radius 1 is 1.50 bits per heavy atom. The lowest BCUT2D eigenvalue weighted by atomic mass is 9.95. The molecule has 1 aromatic carbocycles. The molecule has 0 heterocycles. The molecule has 1 nitrogen and oxygen atoms in total. The summed E-state index contributed by atoms with van der Waals surface area (Å²) in [7, 11) is 0. The third-order valence-corrected chi connectivity index (χ3v) is 4.71. The zero-order valence-electron chi connectivity index (χ0n) is 11.3. The zero-order valence-corrected chi connectivity index (χ0v) is 13.6. The maximum atomic E-state index is 6.35. The Kier molecular flexibility index (Phi) is 4.40. The SMILES string of the molecule is CC(C)CNCC1CC1(C)c1ccc(Br)cc1Cl.